The molecule has 106 valence electrons. The van der Waals surface area contributed by atoms with Gasteiger partial charge in [-0.05, 0) is 23.9 Å². The zero-order valence-electron chi connectivity index (χ0n) is 11.6. The summed E-state index contributed by atoms with van der Waals surface area (Å²) in [7, 11) is 1.97. The van der Waals surface area contributed by atoms with E-state index in [2.05, 4.69) is 10.3 Å². The maximum atomic E-state index is 11.9. The smallest absolute Gasteiger partial charge is 0.286 e. The summed E-state index contributed by atoms with van der Waals surface area (Å²) in [5, 5.41) is 3.95. The van der Waals surface area contributed by atoms with Crippen molar-refractivity contribution in [2.45, 2.75) is 6.92 Å². The van der Waals surface area contributed by atoms with Crippen LogP contribution in [0.3, 0.4) is 0 Å². The Bertz CT molecular complexity index is 817. The number of thioether (sulfide) groups is 1. The van der Waals surface area contributed by atoms with Crippen LogP contribution in [-0.2, 0) is 16.6 Å². The van der Waals surface area contributed by atoms with Gasteiger partial charge in [0.05, 0.1) is 4.91 Å². The molecule has 3 rings (SSSR count). The van der Waals surface area contributed by atoms with Crippen molar-refractivity contribution in [3.8, 4) is 0 Å². The van der Waals surface area contributed by atoms with Crippen molar-refractivity contribution in [3.63, 3.8) is 0 Å². The summed E-state index contributed by atoms with van der Waals surface area (Å²) in [6.45, 7) is 1.39. The Morgan fingerprint density at radius 3 is 2.90 bits per heavy atom. The fraction of sp³-hybridized carbons (Fsp3) is 0.133. The lowest BCUT2D eigenvalue weighted by molar-refractivity contribution is -0.117. The van der Waals surface area contributed by atoms with Crippen LogP contribution in [0.2, 0.25) is 0 Å². The number of carbonyl (C=O) groups excluding carboxylic acids is 2. The molecule has 1 aromatic carbocycles. The Balaban J connectivity index is 1.95. The normalized spacial score (nSPS) is 16.6. The number of carbonyl (C=O) groups is 2. The first-order chi connectivity index (χ1) is 10.0. The first-order valence-electron chi connectivity index (χ1n) is 6.39. The van der Waals surface area contributed by atoms with Gasteiger partial charge in [0.2, 0.25) is 5.91 Å². The van der Waals surface area contributed by atoms with Gasteiger partial charge in [0.1, 0.15) is 0 Å². The number of hydrogen-bond donors (Lipinski definition) is 1. The van der Waals surface area contributed by atoms with Crippen molar-refractivity contribution >= 4 is 45.7 Å². The summed E-state index contributed by atoms with van der Waals surface area (Å²) >= 11 is 1.18. The van der Waals surface area contributed by atoms with Crippen LogP contribution >= 0.6 is 11.8 Å². The van der Waals surface area contributed by atoms with Crippen LogP contribution in [0, 0.1) is 0 Å². The van der Waals surface area contributed by atoms with Gasteiger partial charge >= 0.3 is 0 Å². The van der Waals surface area contributed by atoms with Crippen molar-refractivity contribution in [2.75, 3.05) is 0 Å². The van der Waals surface area contributed by atoms with Crippen LogP contribution in [-0.4, -0.2) is 21.5 Å². The van der Waals surface area contributed by atoms with E-state index in [-0.39, 0.29) is 11.8 Å². The molecule has 2 amide bonds. The minimum absolute atomic E-state index is 0.236. The van der Waals surface area contributed by atoms with Gasteiger partial charge in [0, 0.05) is 36.6 Å². The lowest BCUT2D eigenvalue weighted by Crippen LogP contribution is -2.23. The number of rotatable bonds is 1. The van der Waals surface area contributed by atoms with E-state index in [1.54, 1.807) is 0 Å². The lowest BCUT2D eigenvalue weighted by atomic mass is 10.1. The number of aromatic nitrogens is 1. The maximum Gasteiger partial charge on any atom is 0.286 e. The van der Waals surface area contributed by atoms with Crippen LogP contribution in [0.25, 0.3) is 17.0 Å². The van der Waals surface area contributed by atoms with Gasteiger partial charge in [0.15, 0.2) is 5.17 Å². The van der Waals surface area contributed by atoms with Crippen molar-refractivity contribution in [2.24, 2.45) is 12.0 Å². The van der Waals surface area contributed by atoms with Crippen molar-refractivity contribution in [3.05, 3.63) is 40.9 Å². The van der Waals surface area contributed by atoms with Crippen molar-refractivity contribution in [1.82, 2.24) is 9.88 Å². The van der Waals surface area contributed by atoms with Crippen LogP contribution in [0.1, 0.15) is 12.5 Å². The summed E-state index contributed by atoms with van der Waals surface area (Å²) in [6, 6.07) is 7.99. The molecule has 1 aliphatic heterocycles. The number of fused-ring (bicyclic) bond motifs is 1. The molecule has 0 atom stereocenters. The highest BCUT2D eigenvalue weighted by atomic mass is 32.2. The number of hydrogen-bond acceptors (Lipinski definition) is 3. The predicted octanol–water partition coefficient (Wildman–Crippen LogP) is 2.28. The summed E-state index contributed by atoms with van der Waals surface area (Å²) in [4.78, 5) is 27.2. The quantitative estimate of drug-likeness (QED) is 0.822. The van der Waals surface area contributed by atoms with Gasteiger partial charge in [-0.25, -0.2) is 0 Å². The molecule has 0 aliphatic carbocycles. The van der Waals surface area contributed by atoms with E-state index in [1.807, 2.05) is 48.2 Å². The molecule has 0 saturated heterocycles. The van der Waals surface area contributed by atoms with Crippen LogP contribution < -0.4 is 5.32 Å². The molecule has 0 spiro atoms. The molecule has 1 aliphatic rings. The Labute approximate surface area is 125 Å². The summed E-state index contributed by atoms with van der Waals surface area (Å²) in [5.41, 5.74) is 2.06. The molecule has 5 nitrogen and oxygen atoms in total. The molecule has 2 aromatic rings. The first-order valence-corrected chi connectivity index (χ1v) is 7.20. The van der Waals surface area contributed by atoms with Gasteiger partial charge in [-0.3, -0.25) is 9.59 Å². The number of nitrogens with zero attached hydrogens (tertiary/aromatic N) is 2. The molecule has 0 bridgehead atoms. The van der Waals surface area contributed by atoms with Crippen molar-refractivity contribution in [1.29, 1.82) is 0 Å². The fourth-order valence-corrected chi connectivity index (χ4v) is 3.09. The van der Waals surface area contributed by atoms with E-state index in [1.165, 1.54) is 18.7 Å². The van der Waals surface area contributed by atoms with E-state index < -0.39 is 0 Å². The average molecular weight is 299 g/mol. The predicted molar refractivity (Wildman–Crippen MR) is 84.7 cm³/mol. The highest BCUT2D eigenvalue weighted by Gasteiger charge is 2.23. The zero-order chi connectivity index (χ0) is 15.0. The Morgan fingerprint density at radius 1 is 1.38 bits per heavy atom. The molecular weight excluding hydrogens is 286 g/mol. The molecular formula is C15H13N3O2S. The van der Waals surface area contributed by atoms with Crippen LogP contribution in [0.5, 0.6) is 0 Å². The van der Waals surface area contributed by atoms with Gasteiger partial charge in [-0.2, -0.15) is 4.99 Å². The first kappa shape index (κ1) is 13.6. The highest BCUT2D eigenvalue weighted by Crippen LogP contribution is 2.30. The number of nitrogens with one attached hydrogen (secondary N) is 1. The van der Waals surface area contributed by atoms with Gasteiger partial charge in [-0.15, -0.1) is 0 Å². The summed E-state index contributed by atoms with van der Waals surface area (Å²) < 4.78 is 2.02. The molecule has 0 saturated carbocycles. The molecule has 0 radical (unpaired) electrons. The maximum absolute atomic E-state index is 11.9. The monoisotopic (exact) mass is 299 g/mol. The topological polar surface area (TPSA) is 63.5 Å². The van der Waals surface area contributed by atoms with Gasteiger partial charge in [0.25, 0.3) is 5.91 Å². The molecule has 1 aromatic heterocycles. The molecule has 1 N–H and O–H groups in total. The number of aliphatic imine (C=N–C) groups is 1. The third-order valence-corrected chi connectivity index (χ3v) is 4.02. The third-order valence-electron chi connectivity index (χ3n) is 3.12. The Morgan fingerprint density at radius 2 is 2.14 bits per heavy atom. The minimum atomic E-state index is -0.323. The number of amidine groups is 1. The molecule has 2 heterocycles. The minimum Gasteiger partial charge on any atom is -0.350 e. The number of amides is 2. The second-order valence-electron chi connectivity index (χ2n) is 4.73. The Hall–Kier alpha value is -2.34. The van der Waals surface area contributed by atoms with Gasteiger partial charge in [-0.1, -0.05) is 18.2 Å². The highest BCUT2D eigenvalue weighted by molar-refractivity contribution is 8.18. The Kier molecular flexibility index (Phi) is 3.39. The SMILES string of the molecule is CC(=O)NC1=NC(=O)C(=Cc2cn(C)c3ccccc23)S1. The van der Waals surface area contributed by atoms with E-state index in [4.69, 9.17) is 0 Å². The van der Waals surface area contributed by atoms with Crippen LogP contribution in [0.4, 0.5) is 0 Å². The molecule has 0 fully saturated rings. The lowest BCUT2D eigenvalue weighted by Gasteiger charge is -1.97. The largest absolute Gasteiger partial charge is 0.350 e. The number of para-hydroxylation sites is 1. The number of aryl methyl sites for hydroxylation is 1. The third kappa shape index (κ3) is 2.62. The average Bonchev–Trinajstić information content (AvgIpc) is 2.92. The van der Waals surface area contributed by atoms with E-state index in [0.29, 0.717) is 10.1 Å². The van der Waals surface area contributed by atoms with Crippen LogP contribution in [0.15, 0.2) is 40.4 Å². The standard InChI is InChI=1S/C15H13N3O2S/c1-9(19)16-15-17-14(20)13(21-15)7-10-8-18(2)12-6-4-3-5-11(10)12/h3-8H,1-2H3,(H,16,17,19,20). The van der Waals surface area contributed by atoms with E-state index in [9.17, 15) is 9.59 Å². The summed E-state index contributed by atoms with van der Waals surface area (Å²) in [5.74, 6) is -0.558. The second-order valence-corrected chi connectivity index (χ2v) is 5.76. The second kappa shape index (κ2) is 5.21. The fourth-order valence-electron chi connectivity index (χ4n) is 2.24. The summed E-state index contributed by atoms with van der Waals surface area (Å²) in [6.07, 6.45) is 3.79. The molecule has 21 heavy (non-hydrogen) atoms. The van der Waals surface area contributed by atoms with E-state index in [0.717, 1.165) is 16.5 Å². The number of benzene rings is 1. The zero-order valence-corrected chi connectivity index (χ0v) is 12.4. The molecule has 6 heteroatoms. The molecule has 0 unspecified atom stereocenters. The van der Waals surface area contributed by atoms with E-state index >= 15 is 0 Å². The van der Waals surface area contributed by atoms with Gasteiger partial charge < -0.3 is 9.88 Å². The van der Waals surface area contributed by atoms with Crippen molar-refractivity contribution < 1.29 is 9.59 Å².